The lowest BCUT2D eigenvalue weighted by molar-refractivity contribution is -0.141. The van der Waals surface area contributed by atoms with E-state index in [1.807, 2.05) is 0 Å². The Morgan fingerprint density at radius 3 is 2.81 bits per heavy atom. The van der Waals surface area contributed by atoms with Gasteiger partial charge >= 0.3 is 5.97 Å². The van der Waals surface area contributed by atoms with Crippen molar-refractivity contribution >= 4 is 11.9 Å². The maximum Gasteiger partial charge on any atom is 0.326 e. The van der Waals surface area contributed by atoms with Crippen molar-refractivity contribution in [2.45, 2.75) is 18.9 Å². The predicted octanol–water partition coefficient (Wildman–Crippen LogP) is 0.470. The molecule has 2 aromatic rings. The van der Waals surface area contributed by atoms with E-state index in [4.69, 9.17) is 5.11 Å². The molecule has 1 aromatic carbocycles. The zero-order valence-corrected chi connectivity index (χ0v) is 11.1. The van der Waals surface area contributed by atoms with Crippen molar-refractivity contribution in [3.63, 3.8) is 0 Å². The molecule has 0 aliphatic rings. The number of H-pyrrole nitrogens is 1. The van der Waals surface area contributed by atoms with E-state index >= 15 is 0 Å². The van der Waals surface area contributed by atoms with Crippen LogP contribution in [0.4, 0.5) is 0 Å². The van der Waals surface area contributed by atoms with Gasteiger partial charge in [0.05, 0.1) is 12.7 Å². The Hall–Kier alpha value is -2.83. The topological polar surface area (TPSA) is 115 Å². The van der Waals surface area contributed by atoms with Crippen LogP contribution in [0.25, 0.3) is 0 Å². The average Bonchev–Trinajstić information content (AvgIpc) is 2.90. The molecule has 7 heteroatoms. The lowest BCUT2D eigenvalue weighted by atomic mass is 10.1. The van der Waals surface area contributed by atoms with Crippen molar-refractivity contribution in [2.24, 2.45) is 0 Å². The number of aromatic hydroxyl groups is 1. The van der Waals surface area contributed by atoms with Crippen LogP contribution in [0.2, 0.25) is 0 Å². The zero-order valence-electron chi connectivity index (χ0n) is 11.1. The maximum atomic E-state index is 11.9. The minimum absolute atomic E-state index is 0.00115. The summed E-state index contributed by atoms with van der Waals surface area (Å²) < 4.78 is 0. The first-order valence-corrected chi connectivity index (χ1v) is 6.32. The van der Waals surface area contributed by atoms with Crippen LogP contribution in [0.3, 0.4) is 0 Å². The number of rotatable bonds is 6. The molecule has 0 spiro atoms. The van der Waals surface area contributed by atoms with Crippen LogP contribution in [-0.2, 0) is 22.4 Å². The first kappa shape index (κ1) is 14.6. The van der Waals surface area contributed by atoms with Crippen molar-refractivity contribution in [3.8, 4) is 5.75 Å². The van der Waals surface area contributed by atoms with Crippen molar-refractivity contribution in [3.05, 3.63) is 48.0 Å². The first-order valence-electron chi connectivity index (χ1n) is 6.32. The molecule has 2 rings (SSSR count). The molecule has 110 valence electrons. The second-order valence-corrected chi connectivity index (χ2v) is 4.59. The van der Waals surface area contributed by atoms with Crippen LogP contribution in [0.15, 0.2) is 36.8 Å². The number of hydrogen-bond donors (Lipinski definition) is 4. The molecule has 0 saturated heterocycles. The molecule has 0 aliphatic heterocycles. The molecule has 7 nitrogen and oxygen atoms in total. The number of nitrogens with one attached hydrogen (secondary N) is 2. The number of nitrogens with zero attached hydrogens (tertiary/aromatic N) is 1. The standard InChI is InChI=1S/C14H15N3O4/c18-11-3-1-2-9(4-11)5-13(19)17-12(14(20)21)6-10-7-15-8-16-10/h1-4,7-8,12,18H,5-6H2,(H,15,16)(H,17,19)(H,20,21). The number of carboxylic acids is 1. The molecular formula is C14H15N3O4. The fraction of sp³-hybridized carbons (Fsp3) is 0.214. The van der Waals surface area contributed by atoms with Crippen molar-refractivity contribution in [1.82, 2.24) is 15.3 Å². The predicted molar refractivity (Wildman–Crippen MR) is 73.7 cm³/mol. The van der Waals surface area contributed by atoms with E-state index in [1.165, 1.54) is 24.7 Å². The van der Waals surface area contributed by atoms with E-state index in [-0.39, 0.29) is 18.6 Å². The van der Waals surface area contributed by atoms with E-state index in [9.17, 15) is 14.7 Å². The summed E-state index contributed by atoms with van der Waals surface area (Å²) in [5.74, 6) is -1.48. The van der Waals surface area contributed by atoms with E-state index in [0.29, 0.717) is 11.3 Å². The molecule has 4 N–H and O–H groups in total. The van der Waals surface area contributed by atoms with E-state index < -0.39 is 17.9 Å². The Balaban J connectivity index is 1.96. The van der Waals surface area contributed by atoms with Crippen molar-refractivity contribution < 1.29 is 19.8 Å². The zero-order chi connectivity index (χ0) is 15.2. The lowest BCUT2D eigenvalue weighted by Gasteiger charge is -2.13. The van der Waals surface area contributed by atoms with Gasteiger partial charge in [-0.05, 0) is 17.7 Å². The molecule has 1 unspecified atom stereocenters. The van der Waals surface area contributed by atoms with Gasteiger partial charge in [0, 0.05) is 18.3 Å². The number of aliphatic carboxylic acids is 1. The molecule has 1 aromatic heterocycles. The second kappa shape index (κ2) is 6.56. The Bertz CT molecular complexity index is 625. The number of phenolic OH excluding ortho intramolecular Hbond substituents is 1. The van der Waals surface area contributed by atoms with Crippen molar-refractivity contribution in [2.75, 3.05) is 0 Å². The third kappa shape index (κ3) is 4.34. The summed E-state index contributed by atoms with van der Waals surface area (Å²) in [6.45, 7) is 0. The number of aromatic nitrogens is 2. The number of carboxylic acid groups (broad SMARTS) is 1. The van der Waals surface area contributed by atoms with Crippen LogP contribution in [0, 0.1) is 0 Å². The molecule has 1 atom stereocenters. The summed E-state index contributed by atoms with van der Waals surface area (Å²) in [4.78, 5) is 29.7. The SMILES string of the molecule is O=C(Cc1cccc(O)c1)NC(Cc1cnc[nH]1)C(=O)O. The summed E-state index contributed by atoms with van der Waals surface area (Å²) in [5.41, 5.74) is 1.23. The Labute approximate surface area is 120 Å². The van der Waals surface area contributed by atoms with E-state index in [0.717, 1.165) is 0 Å². The highest BCUT2D eigenvalue weighted by molar-refractivity contribution is 5.85. The molecule has 1 heterocycles. The monoisotopic (exact) mass is 289 g/mol. The molecule has 21 heavy (non-hydrogen) atoms. The molecule has 0 saturated carbocycles. The minimum Gasteiger partial charge on any atom is -0.508 e. The molecular weight excluding hydrogens is 274 g/mol. The second-order valence-electron chi connectivity index (χ2n) is 4.59. The average molecular weight is 289 g/mol. The number of amides is 1. The molecule has 0 bridgehead atoms. The smallest absolute Gasteiger partial charge is 0.326 e. The first-order chi connectivity index (χ1) is 10.0. The largest absolute Gasteiger partial charge is 0.508 e. The summed E-state index contributed by atoms with van der Waals surface area (Å²) in [6.07, 6.45) is 3.09. The van der Waals surface area contributed by atoms with Crippen LogP contribution in [0.1, 0.15) is 11.3 Å². The third-order valence-electron chi connectivity index (χ3n) is 2.89. The van der Waals surface area contributed by atoms with Gasteiger partial charge in [0.2, 0.25) is 5.91 Å². The fourth-order valence-corrected chi connectivity index (χ4v) is 1.91. The highest BCUT2D eigenvalue weighted by atomic mass is 16.4. The number of carbonyl (C=O) groups is 2. The van der Waals surface area contributed by atoms with E-state index in [1.54, 1.807) is 12.1 Å². The Morgan fingerprint density at radius 2 is 2.19 bits per heavy atom. The summed E-state index contributed by atoms with van der Waals surface area (Å²) in [5, 5.41) is 20.9. The normalized spacial score (nSPS) is 11.8. The Morgan fingerprint density at radius 1 is 1.38 bits per heavy atom. The van der Waals surface area contributed by atoms with Gasteiger partial charge in [0.25, 0.3) is 0 Å². The van der Waals surface area contributed by atoms with Crippen LogP contribution in [-0.4, -0.2) is 38.1 Å². The molecule has 0 fully saturated rings. The van der Waals surface area contributed by atoms with E-state index in [2.05, 4.69) is 15.3 Å². The highest BCUT2D eigenvalue weighted by Crippen LogP contribution is 2.11. The molecule has 1 amide bonds. The number of hydrogen-bond acceptors (Lipinski definition) is 4. The number of phenols is 1. The van der Waals surface area contributed by atoms with Gasteiger partial charge in [-0.3, -0.25) is 4.79 Å². The van der Waals surface area contributed by atoms with Crippen LogP contribution in [0.5, 0.6) is 5.75 Å². The maximum absolute atomic E-state index is 11.9. The van der Waals surface area contributed by atoms with Gasteiger partial charge in [-0.2, -0.15) is 0 Å². The highest BCUT2D eigenvalue weighted by Gasteiger charge is 2.21. The summed E-state index contributed by atoms with van der Waals surface area (Å²) in [7, 11) is 0. The lowest BCUT2D eigenvalue weighted by Crippen LogP contribution is -2.43. The van der Waals surface area contributed by atoms with Crippen LogP contribution >= 0.6 is 0 Å². The van der Waals surface area contributed by atoms with Gasteiger partial charge < -0.3 is 20.5 Å². The van der Waals surface area contributed by atoms with Crippen LogP contribution < -0.4 is 5.32 Å². The van der Waals surface area contributed by atoms with Gasteiger partial charge in [-0.25, -0.2) is 9.78 Å². The fourth-order valence-electron chi connectivity index (χ4n) is 1.91. The van der Waals surface area contributed by atoms with Gasteiger partial charge in [0.1, 0.15) is 11.8 Å². The summed E-state index contributed by atoms with van der Waals surface area (Å²) in [6, 6.07) is 5.24. The minimum atomic E-state index is -1.12. The summed E-state index contributed by atoms with van der Waals surface area (Å²) >= 11 is 0. The molecule has 0 aliphatic carbocycles. The van der Waals surface area contributed by atoms with Crippen molar-refractivity contribution in [1.29, 1.82) is 0 Å². The number of carbonyl (C=O) groups excluding carboxylic acids is 1. The van der Waals surface area contributed by atoms with Gasteiger partial charge in [-0.1, -0.05) is 12.1 Å². The number of aromatic amines is 1. The third-order valence-corrected chi connectivity index (χ3v) is 2.89. The number of benzene rings is 1. The Kier molecular flexibility index (Phi) is 4.55. The molecule has 0 radical (unpaired) electrons. The quantitative estimate of drug-likeness (QED) is 0.617. The number of imidazole rings is 1. The van der Waals surface area contributed by atoms with Gasteiger partial charge in [0.15, 0.2) is 0 Å². The van der Waals surface area contributed by atoms with Gasteiger partial charge in [-0.15, -0.1) is 0 Å².